The lowest BCUT2D eigenvalue weighted by molar-refractivity contribution is 0.0772. The Kier molecular flexibility index (Phi) is 3.79. The summed E-state index contributed by atoms with van der Waals surface area (Å²) in [6, 6.07) is 0.155. The standard InChI is InChI=1S/C5H12N2O2/c1-4(2)7-9-5(8)6-3/h4,7H,1-3H3,(H,6,8). The summed E-state index contributed by atoms with van der Waals surface area (Å²) in [4.78, 5) is 14.8. The van der Waals surface area contributed by atoms with E-state index in [1.807, 2.05) is 13.8 Å². The Morgan fingerprint density at radius 3 is 2.44 bits per heavy atom. The molecule has 0 aromatic heterocycles. The quantitative estimate of drug-likeness (QED) is 0.530. The number of hydrogen-bond donors (Lipinski definition) is 2. The second-order valence-corrected chi connectivity index (χ2v) is 1.91. The minimum Gasteiger partial charge on any atom is -0.354 e. The van der Waals surface area contributed by atoms with Crippen molar-refractivity contribution in [2.45, 2.75) is 19.9 Å². The third kappa shape index (κ3) is 5.10. The first kappa shape index (κ1) is 8.23. The maximum absolute atomic E-state index is 10.3. The van der Waals surface area contributed by atoms with Gasteiger partial charge in [-0.3, -0.25) is 0 Å². The molecule has 4 heteroatoms. The van der Waals surface area contributed by atoms with Crippen LogP contribution in [0.15, 0.2) is 0 Å². The van der Waals surface area contributed by atoms with E-state index in [9.17, 15) is 4.79 Å². The van der Waals surface area contributed by atoms with Crippen molar-refractivity contribution in [1.29, 1.82) is 0 Å². The van der Waals surface area contributed by atoms with Gasteiger partial charge in [-0.15, -0.1) is 5.48 Å². The monoisotopic (exact) mass is 132 g/mol. The second kappa shape index (κ2) is 4.14. The van der Waals surface area contributed by atoms with E-state index in [0.717, 1.165) is 0 Å². The van der Waals surface area contributed by atoms with E-state index >= 15 is 0 Å². The molecule has 0 saturated carbocycles. The molecule has 4 nitrogen and oxygen atoms in total. The van der Waals surface area contributed by atoms with Crippen LogP contribution in [0.3, 0.4) is 0 Å². The summed E-state index contributed by atoms with van der Waals surface area (Å²) in [5.41, 5.74) is 2.48. The van der Waals surface area contributed by atoms with E-state index in [4.69, 9.17) is 0 Å². The van der Waals surface area contributed by atoms with E-state index in [0.29, 0.717) is 0 Å². The molecule has 0 fully saturated rings. The van der Waals surface area contributed by atoms with Gasteiger partial charge in [0.1, 0.15) is 0 Å². The van der Waals surface area contributed by atoms with Gasteiger partial charge in [-0.25, -0.2) is 4.79 Å². The molecule has 0 radical (unpaired) electrons. The molecule has 0 unspecified atom stereocenters. The van der Waals surface area contributed by atoms with Gasteiger partial charge >= 0.3 is 6.09 Å². The maximum atomic E-state index is 10.3. The van der Waals surface area contributed by atoms with Crippen molar-refractivity contribution in [2.75, 3.05) is 7.05 Å². The number of nitrogens with one attached hydrogen (secondary N) is 2. The Labute approximate surface area is 54.5 Å². The average Bonchev–Trinajstić information content (AvgIpc) is 1.83. The molecular formula is C5H12N2O2. The van der Waals surface area contributed by atoms with Crippen molar-refractivity contribution in [3.63, 3.8) is 0 Å². The van der Waals surface area contributed by atoms with Crippen LogP contribution in [0.25, 0.3) is 0 Å². The number of amides is 1. The molecule has 1 amide bonds. The topological polar surface area (TPSA) is 50.4 Å². The van der Waals surface area contributed by atoms with Crippen LogP contribution in [0.1, 0.15) is 13.8 Å². The minimum absolute atomic E-state index is 0.155. The number of carbonyl (C=O) groups is 1. The first-order chi connectivity index (χ1) is 4.16. The van der Waals surface area contributed by atoms with E-state index < -0.39 is 6.09 Å². The number of hydroxylamine groups is 1. The van der Waals surface area contributed by atoms with Crippen molar-refractivity contribution < 1.29 is 9.63 Å². The van der Waals surface area contributed by atoms with Crippen LogP contribution in [-0.4, -0.2) is 19.2 Å². The van der Waals surface area contributed by atoms with Gasteiger partial charge in [0.25, 0.3) is 0 Å². The fourth-order valence-electron chi connectivity index (χ4n) is 0.222. The fourth-order valence-corrected chi connectivity index (χ4v) is 0.222. The highest BCUT2D eigenvalue weighted by atomic mass is 16.7. The SMILES string of the molecule is CNC(=O)ONC(C)C. The normalized spacial score (nSPS) is 9.33. The highest BCUT2D eigenvalue weighted by molar-refractivity contribution is 5.66. The molecule has 0 spiro atoms. The minimum atomic E-state index is -0.469. The summed E-state index contributed by atoms with van der Waals surface area (Å²) in [5, 5.41) is 2.30. The largest absolute Gasteiger partial charge is 0.425 e. The molecule has 0 aromatic rings. The van der Waals surface area contributed by atoms with Gasteiger partial charge in [-0.1, -0.05) is 0 Å². The zero-order chi connectivity index (χ0) is 7.28. The molecule has 54 valence electrons. The molecule has 0 aliphatic carbocycles. The van der Waals surface area contributed by atoms with Crippen molar-refractivity contribution in [2.24, 2.45) is 0 Å². The van der Waals surface area contributed by atoms with Gasteiger partial charge < -0.3 is 10.2 Å². The number of carbonyl (C=O) groups excluding carboxylic acids is 1. The summed E-state index contributed by atoms with van der Waals surface area (Å²) in [5.74, 6) is 0. The summed E-state index contributed by atoms with van der Waals surface area (Å²) in [7, 11) is 1.50. The molecule has 9 heavy (non-hydrogen) atoms. The summed E-state index contributed by atoms with van der Waals surface area (Å²) >= 11 is 0. The lowest BCUT2D eigenvalue weighted by atomic mass is 10.4. The lowest BCUT2D eigenvalue weighted by Gasteiger charge is -2.06. The zero-order valence-electron chi connectivity index (χ0n) is 5.89. The molecule has 0 rings (SSSR count). The first-order valence-electron chi connectivity index (χ1n) is 2.81. The average molecular weight is 132 g/mol. The molecule has 0 aliphatic rings. The van der Waals surface area contributed by atoms with Crippen LogP contribution in [0.4, 0.5) is 4.79 Å². The lowest BCUT2D eigenvalue weighted by Crippen LogP contribution is -2.31. The molecule has 0 heterocycles. The Bertz CT molecular complexity index is 93.0. The van der Waals surface area contributed by atoms with Crippen molar-refractivity contribution in [3.05, 3.63) is 0 Å². The van der Waals surface area contributed by atoms with Crippen LogP contribution in [0.5, 0.6) is 0 Å². The van der Waals surface area contributed by atoms with Gasteiger partial charge in [-0.05, 0) is 13.8 Å². The van der Waals surface area contributed by atoms with Gasteiger partial charge in [0, 0.05) is 13.1 Å². The van der Waals surface area contributed by atoms with E-state index in [1.54, 1.807) is 0 Å². The molecule has 0 aliphatic heterocycles. The van der Waals surface area contributed by atoms with Crippen LogP contribution < -0.4 is 10.8 Å². The highest BCUT2D eigenvalue weighted by Crippen LogP contribution is 1.76. The number of rotatable bonds is 2. The third-order valence-corrected chi connectivity index (χ3v) is 0.591. The van der Waals surface area contributed by atoms with Crippen molar-refractivity contribution in [3.8, 4) is 0 Å². The van der Waals surface area contributed by atoms with Gasteiger partial charge in [-0.2, -0.15) is 0 Å². The molecule has 0 atom stereocenters. The van der Waals surface area contributed by atoms with Crippen LogP contribution >= 0.6 is 0 Å². The number of hydrogen-bond acceptors (Lipinski definition) is 3. The predicted molar refractivity (Wildman–Crippen MR) is 33.8 cm³/mol. The van der Waals surface area contributed by atoms with E-state index in [1.165, 1.54) is 7.05 Å². The van der Waals surface area contributed by atoms with Gasteiger partial charge in [0.05, 0.1) is 0 Å². The smallest absolute Gasteiger partial charge is 0.354 e. The van der Waals surface area contributed by atoms with Crippen LogP contribution in [-0.2, 0) is 4.84 Å². The fraction of sp³-hybridized carbons (Fsp3) is 0.800. The van der Waals surface area contributed by atoms with Crippen molar-refractivity contribution in [1.82, 2.24) is 10.8 Å². The molecule has 0 aromatic carbocycles. The van der Waals surface area contributed by atoms with Crippen LogP contribution in [0, 0.1) is 0 Å². The summed E-state index contributed by atoms with van der Waals surface area (Å²) < 4.78 is 0. The Morgan fingerprint density at radius 1 is 1.56 bits per heavy atom. The third-order valence-electron chi connectivity index (χ3n) is 0.591. The molecular weight excluding hydrogens is 120 g/mol. The Balaban J connectivity index is 3.17. The maximum Gasteiger partial charge on any atom is 0.425 e. The zero-order valence-corrected chi connectivity index (χ0v) is 5.89. The van der Waals surface area contributed by atoms with Crippen LogP contribution in [0.2, 0.25) is 0 Å². The second-order valence-electron chi connectivity index (χ2n) is 1.91. The first-order valence-corrected chi connectivity index (χ1v) is 2.81. The summed E-state index contributed by atoms with van der Waals surface area (Å²) in [6.45, 7) is 3.76. The molecule has 0 saturated heterocycles. The molecule has 0 bridgehead atoms. The van der Waals surface area contributed by atoms with Gasteiger partial charge in [0.2, 0.25) is 0 Å². The van der Waals surface area contributed by atoms with E-state index in [2.05, 4.69) is 15.6 Å². The molecule has 2 N–H and O–H groups in total. The van der Waals surface area contributed by atoms with Gasteiger partial charge in [0.15, 0.2) is 0 Å². The highest BCUT2D eigenvalue weighted by Gasteiger charge is 1.97. The van der Waals surface area contributed by atoms with Crippen molar-refractivity contribution >= 4 is 6.09 Å². The Morgan fingerprint density at radius 2 is 2.11 bits per heavy atom. The predicted octanol–water partition coefficient (Wildman–Crippen LogP) is 0.255. The summed E-state index contributed by atoms with van der Waals surface area (Å²) in [6.07, 6.45) is -0.469. The Hall–Kier alpha value is -0.770. The van der Waals surface area contributed by atoms with E-state index in [-0.39, 0.29) is 6.04 Å².